The highest BCUT2D eigenvalue weighted by Gasteiger charge is 2.31. The van der Waals surface area contributed by atoms with Gasteiger partial charge in [-0.3, -0.25) is 14.0 Å². The predicted octanol–water partition coefficient (Wildman–Crippen LogP) is 4.44. The Bertz CT molecular complexity index is 1170. The van der Waals surface area contributed by atoms with E-state index in [9.17, 15) is 22.8 Å². The molecule has 0 aliphatic heterocycles. The summed E-state index contributed by atoms with van der Waals surface area (Å²) < 4.78 is 41.5. The van der Waals surface area contributed by atoms with Crippen molar-refractivity contribution in [3.63, 3.8) is 0 Å². The van der Waals surface area contributed by atoms with Crippen molar-refractivity contribution in [2.45, 2.75) is 33.0 Å². The van der Waals surface area contributed by atoms with E-state index >= 15 is 0 Å². The first-order valence-corrected chi connectivity index (χ1v) is 9.63. The lowest BCUT2D eigenvalue weighted by Gasteiger charge is -2.12. The van der Waals surface area contributed by atoms with Crippen molar-refractivity contribution in [2.75, 3.05) is 5.32 Å². The molecule has 11 heteroatoms. The predicted molar refractivity (Wildman–Crippen MR) is 106 cm³/mol. The normalized spacial score (nSPS) is 11.8. The summed E-state index contributed by atoms with van der Waals surface area (Å²) >= 11 is 9.12. The molecular formula is C18H15BrClF3N4O2. The van der Waals surface area contributed by atoms with Crippen molar-refractivity contribution in [1.82, 2.24) is 14.0 Å². The number of hydrogen-bond acceptors (Lipinski definition) is 3. The Hall–Kier alpha value is -2.33. The van der Waals surface area contributed by atoms with Gasteiger partial charge in [-0.15, -0.1) is 0 Å². The number of aryl methyl sites for hydroxylation is 2. The third-order valence-corrected chi connectivity index (χ3v) is 5.41. The van der Waals surface area contributed by atoms with Crippen LogP contribution in [-0.2, 0) is 23.9 Å². The van der Waals surface area contributed by atoms with Crippen LogP contribution in [0.25, 0.3) is 5.78 Å². The summed E-state index contributed by atoms with van der Waals surface area (Å²) in [6.45, 7) is 3.37. The molecule has 0 saturated carbocycles. The Morgan fingerprint density at radius 1 is 1.34 bits per heavy atom. The molecule has 1 N–H and O–H groups in total. The highest BCUT2D eigenvalue weighted by molar-refractivity contribution is 9.10. The fourth-order valence-electron chi connectivity index (χ4n) is 2.82. The van der Waals surface area contributed by atoms with Gasteiger partial charge in [0.25, 0.3) is 5.56 Å². The second kappa shape index (κ2) is 7.83. The van der Waals surface area contributed by atoms with Gasteiger partial charge in [0.2, 0.25) is 11.7 Å². The number of nitrogens with zero attached hydrogens (tertiary/aromatic N) is 3. The first-order valence-electron chi connectivity index (χ1n) is 8.46. The zero-order valence-electron chi connectivity index (χ0n) is 15.3. The van der Waals surface area contributed by atoms with Gasteiger partial charge in [0.05, 0.1) is 22.0 Å². The number of rotatable bonds is 4. The summed E-state index contributed by atoms with van der Waals surface area (Å²) in [4.78, 5) is 29.4. The van der Waals surface area contributed by atoms with Crippen molar-refractivity contribution in [1.29, 1.82) is 0 Å². The molecule has 0 unspecified atom stereocenters. The van der Waals surface area contributed by atoms with E-state index in [0.29, 0.717) is 28.1 Å². The van der Waals surface area contributed by atoms with Gasteiger partial charge in [0.15, 0.2) is 0 Å². The highest BCUT2D eigenvalue weighted by atomic mass is 79.9. The number of amides is 1. The number of fused-ring (bicyclic) bond motifs is 1. The topological polar surface area (TPSA) is 68.4 Å². The lowest BCUT2D eigenvalue weighted by molar-refractivity contribution is -0.137. The number of alkyl halides is 3. The lowest BCUT2D eigenvalue weighted by atomic mass is 10.2. The van der Waals surface area contributed by atoms with Crippen molar-refractivity contribution >= 4 is 44.9 Å². The molecule has 3 rings (SSSR count). The van der Waals surface area contributed by atoms with E-state index in [-0.39, 0.29) is 22.8 Å². The average molecular weight is 492 g/mol. The zero-order chi connectivity index (χ0) is 21.5. The maximum Gasteiger partial charge on any atom is 0.416 e. The van der Waals surface area contributed by atoms with Crippen molar-refractivity contribution < 1.29 is 18.0 Å². The molecule has 2 heterocycles. The van der Waals surface area contributed by atoms with Crippen LogP contribution in [0.15, 0.2) is 33.7 Å². The number of hydrogen-bond donors (Lipinski definition) is 1. The molecule has 1 amide bonds. The minimum Gasteiger partial charge on any atom is -0.323 e. The number of nitrogens with one attached hydrogen (secondary N) is 1. The molecule has 0 spiro atoms. The van der Waals surface area contributed by atoms with Crippen molar-refractivity contribution in [2.24, 2.45) is 0 Å². The van der Waals surface area contributed by atoms with Crippen molar-refractivity contribution in [3.8, 4) is 0 Å². The number of halogens is 5. The van der Waals surface area contributed by atoms with Crippen LogP contribution < -0.4 is 10.9 Å². The fourth-order valence-corrected chi connectivity index (χ4v) is 3.61. The SMILES string of the molecule is CCc1nc2n(CC(=O)Nc3ccc(C(F)(F)F)cc3Cl)c(C)cn2c(=O)c1Br. The average Bonchev–Trinajstić information content (AvgIpc) is 2.94. The van der Waals surface area contributed by atoms with E-state index in [1.807, 2.05) is 6.92 Å². The Kier molecular flexibility index (Phi) is 5.77. The summed E-state index contributed by atoms with van der Waals surface area (Å²) in [6, 6.07) is 2.68. The van der Waals surface area contributed by atoms with E-state index in [0.717, 1.165) is 18.2 Å². The van der Waals surface area contributed by atoms with E-state index < -0.39 is 17.6 Å². The number of aromatic nitrogens is 3. The Morgan fingerprint density at radius 3 is 2.62 bits per heavy atom. The summed E-state index contributed by atoms with van der Waals surface area (Å²) in [5.74, 6) is -0.232. The molecule has 29 heavy (non-hydrogen) atoms. The van der Waals surface area contributed by atoms with Crippen LogP contribution in [0.4, 0.5) is 18.9 Å². The number of carbonyl (C=O) groups excluding carboxylic acids is 1. The maximum absolute atomic E-state index is 12.7. The first-order chi connectivity index (χ1) is 13.5. The minimum atomic E-state index is -4.53. The molecule has 6 nitrogen and oxygen atoms in total. The maximum atomic E-state index is 12.7. The van der Waals surface area contributed by atoms with E-state index in [4.69, 9.17) is 11.6 Å². The second-order valence-corrected chi connectivity index (χ2v) is 7.50. The standard InChI is InChI=1S/C18H15BrClF3N4O2/c1-3-12-15(19)16(29)27-7-9(2)26(17(27)25-12)8-14(28)24-13-5-4-10(6-11(13)20)18(21,22)23/h4-7H,3,8H2,1-2H3,(H,24,28). The third-order valence-electron chi connectivity index (χ3n) is 4.30. The van der Waals surface area contributed by atoms with Gasteiger partial charge in [-0.25, -0.2) is 4.98 Å². The van der Waals surface area contributed by atoms with Gasteiger partial charge in [0.1, 0.15) is 11.0 Å². The summed E-state index contributed by atoms with van der Waals surface area (Å²) in [6.07, 6.45) is -2.45. The third kappa shape index (κ3) is 4.18. The molecule has 0 aliphatic carbocycles. The fraction of sp³-hybridized carbons (Fsp3) is 0.278. The van der Waals surface area contributed by atoms with Crippen LogP contribution >= 0.6 is 27.5 Å². The molecule has 1 aromatic carbocycles. The van der Waals surface area contributed by atoms with Crippen LogP contribution in [0.2, 0.25) is 5.02 Å². The molecular weight excluding hydrogens is 477 g/mol. The highest BCUT2D eigenvalue weighted by Crippen LogP contribution is 2.33. The minimum absolute atomic E-state index is 0.0564. The molecule has 0 radical (unpaired) electrons. The van der Waals surface area contributed by atoms with Crippen LogP contribution in [-0.4, -0.2) is 19.9 Å². The van der Waals surface area contributed by atoms with Gasteiger partial charge in [-0.2, -0.15) is 13.2 Å². The quantitative estimate of drug-likeness (QED) is 0.587. The van der Waals surface area contributed by atoms with Crippen LogP contribution in [0.5, 0.6) is 0 Å². The largest absolute Gasteiger partial charge is 0.416 e. The van der Waals surface area contributed by atoms with Gasteiger partial charge in [-0.1, -0.05) is 18.5 Å². The van der Waals surface area contributed by atoms with E-state index in [1.165, 1.54) is 4.40 Å². The van der Waals surface area contributed by atoms with E-state index in [2.05, 4.69) is 26.2 Å². The van der Waals surface area contributed by atoms with Gasteiger partial charge >= 0.3 is 6.18 Å². The number of carbonyl (C=O) groups is 1. The molecule has 0 atom stereocenters. The monoisotopic (exact) mass is 490 g/mol. The Balaban J connectivity index is 1.90. The van der Waals surface area contributed by atoms with Crippen LogP contribution in [0.3, 0.4) is 0 Å². The lowest BCUT2D eigenvalue weighted by Crippen LogP contribution is -2.22. The van der Waals surface area contributed by atoms with Gasteiger partial charge in [0, 0.05) is 11.9 Å². The Morgan fingerprint density at radius 2 is 2.03 bits per heavy atom. The smallest absolute Gasteiger partial charge is 0.323 e. The molecule has 0 bridgehead atoms. The first kappa shape index (κ1) is 21.4. The number of anilines is 1. The molecule has 3 aromatic rings. The molecule has 154 valence electrons. The zero-order valence-corrected chi connectivity index (χ0v) is 17.6. The van der Waals surface area contributed by atoms with E-state index in [1.54, 1.807) is 17.7 Å². The summed E-state index contributed by atoms with van der Waals surface area (Å²) in [5, 5.41) is 2.26. The van der Waals surface area contributed by atoms with Crippen LogP contribution in [0, 0.1) is 6.92 Å². The van der Waals surface area contributed by atoms with Gasteiger partial charge < -0.3 is 9.88 Å². The van der Waals surface area contributed by atoms with Crippen LogP contribution in [0.1, 0.15) is 23.9 Å². The number of benzene rings is 1. The summed E-state index contributed by atoms with van der Waals surface area (Å²) in [5.41, 5.74) is 0.0266. The summed E-state index contributed by atoms with van der Waals surface area (Å²) in [7, 11) is 0. The molecule has 2 aromatic heterocycles. The van der Waals surface area contributed by atoms with Crippen molar-refractivity contribution in [3.05, 3.63) is 61.2 Å². The van der Waals surface area contributed by atoms with Gasteiger partial charge in [-0.05, 0) is 47.5 Å². The molecule has 0 saturated heterocycles. The molecule has 0 aliphatic rings. The Labute approximate surface area is 176 Å². The molecule has 0 fully saturated rings. The number of imidazole rings is 1. The second-order valence-electron chi connectivity index (χ2n) is 6.30.